The van der Waals surface area contributed by atoms with Gasteiger partial charge in [0.25, 0.3) is 0 Å². The van der Waals surface area contributed by atoms with Crippen LogP contribution in [0, 0.1) is 11.6 Å². The van der Waals surface area contributed by atoms with Gasteiger partial charge in [0.05, 0.1) is 9.50 Å². The van der Waals surface area contributed by atoms with Crippen LogP contribution in [0.25, 0.3) is 0 Å². The van der Waals surface area contributed by atoms with Crippen LogP contribution >= 0.6 is 27.5 Å². The zero-order valence-electron chi connectivity index (χ0n) is 11.5. The third-order valence-electron chi connectivity index (χ3n) is 3.26. The molecule has 1 nitrogen and oxygen atoms in total. The highest BCUT2D eigenvalue weighted by Crippen LogP contribution is 2.29. The standard InChI is InChI=1S/C16H15BrClF2N/c1-2-21-14(11-6-4-7-12(17)16(11)20)9-10-5-3-8-13(19)15(10)18/h3-8,14,21H,2,9H2,1H3. The fourth-order valence-corrected chi connectivity index (χ4v) is 2.84. The van der Waals surface area contributed by atoms with Crippen LogP contribution in [0.5, 0.6) is 0 Å². The summed E-state index contributed by atoms with van der Waals surface area (Å²) < 4.78 is 28.2. The summed E-state index contributed by atoms with van der Waals surface area (Å²) in [5, 5.41) is 3.31. The summed E-state index contributed by atoms with van der Waals surface area (Å²) >= 11 is 9.18. The molecule has 0 heterocycles. The van der Waals surface area contributed by atoms with Gasteiger partial charge in [-0.3, -0.25) is 0 Å². The van der Waals surface area contributed by atoms with Crippen molar-refractivity contribution < 1.29 is 8.78 Å². The van der Waals surface area contributed by atoms with Crippen LogP contribution in [0.1, 0.15) is 24.1 Å². The Hall–Kier alpha value is -0.970. The van der Waals surface area contributed by atoms with Gasteiger partial charge in [-0.15, -0.1) is 0 Å². The second-order valence-electron chi connectivity index (χ2n) is 4.67. The lowest BCUT2D eigenvalue weighted by atomic mass is 9.98. The third kappa shape index (κ3) is 3.82. The van der Waals surface area contributed by atoms with E-state index >= 15 is 0 Å². The third-order valence-corrected chi connectivity index (χ3v) is 4.30. The van der Waals surface area contributed by atoms with Crippen molar-refractivity contribution in [2.75, 3.05) is 6.54 Å². The Labute approximate surface area is 136 Å². The number of nitrogens with one attached hydrogen (secondary N) is 1. The van der Waals surface area contributed by atoms with E-state index in [0.29, 0.717) is 28.6 Å². The second kappa shape index (κ2) is 7.34. The summed E-state index contributed by atoms with van der Waals surface area (Å²) in [4.78, 5) is 0. The van der Waals surface area contributed by atoms with E-state index < -0.39 is 5.82 Å². The molecule has 1 unspecified atom stereocenters. The van der Waals surface area contributed by atoms with Crippen molar-refractivity contribution in [3.8, 4) is 0 Å². The molecule has 0 bridgehead atoms. The molecule has 0 aliphatic heterocycles. The second-order valence-corrected chi connectivity index (χ2v) is 5.90. The smallest absolute Gasteiger partial charge is 0.142 e. The summed E-state index contributed by atoms with van der Waals surface area (Å²) in [6, 6.07) is 9.56. The molecule has 0 radical (unpaired) electrons. The molecule has 112 valence electrons. The fraction of sp³-hybridized carbons (Fsp3) is 0.250. The maximum Gasteiger partial charge on any atom is 0.142 e. The predicted octanol–water partition coefficient (Wildman–Crippen LogP) is 5.27. The first kappa shape index (κ1) is 16.4. The molecule has 0 aliphatic carbocycles. The lowest BCUT2D eigenvalue weighted by Crippen LogP contribution is -2.24. The van der Waals surface area contributed by atoms with E-state index in [0.717, 1.165) is 0 Å². The van der Waals surface area contributed by atoms with Crippen molar-refractivity contribution in [2.24, 2.45) is 0 Å². The molecule has 2 aromatic carbocycles. The van der Waals surface area contributed by atoms with Crippen LogP contribution < -0.4 is 5.32 Å². The molecule has 0 aliphatic rings. The van der Waals surface area contributed by atoms with Crippen molar-refractivity contribution in [3.63, 3.8) is 0 Å². The normalized spacial score (nSPS) is 12.4. The Balaban J connectivity index is 2.35. The molecule has 1 atom stereocenters. The Kier molecular flexibility index (Phi) is 5.73. The molecular weight excluding hydrogens is 360 g/mol. The highest BCUT2D eigenvalue weighted by molar-refractivity contribution is 9.10. The molecule has 0 fully saturated rings. The molecule has 2 aromatic rings. The van der Waals surface area contributed by atoms with Gasteiger partial charge < -0.3 is 5.32 Å². The van der Waals surface area contributed by atoms with Crippen LogP contribution in [0.3, 0.4) is 0 Å². The quantitative estimate of drug-likeness (QED) is 0.751. The van der Waals surface area contributed by atoms with Crippen LogP contribution in [-0.4, -0.2) is 6.54 Å². The Morgan fingerprint density at radius 1 is 1.19 bits per heavy atom. The first-order valence-corrected chi connectivity index (χ1v) is 7.81. The van der Waals surface area contributed by atoms with E-state index in [9.17, 15) is 8.78 Å². The SMILES string of the molecule is CCNC(Cc1cccc(F)c1Cl)c1cccc(Br)c1F. The van der Waals surface area contributed by atoms with Gasteiger partial charge in [0.15, 0.2) is 0 Å². The topological polar surface area (TPSA) is 12.0 Å². The van der Waals surface area contributed by atoms with Gasteiger partial charge in [0, 0.05) is 11.6 Å². The van der Waals surface area contributed by atoms with E-state index in [1.54, 1.807) is 30.3 Å². The largest absolute Gasteiger partial charge is 0.310 e. The van der Waals surface area contributed by atoms with Gasteiger partial charge in [0.1, 0.15) is 11.6 Å². The van der Waals surface area contributed by atoms with Crippen molar-refractivity contribution in [3.05, 3.63) is 68.7 Å². The maximum atomic E-state index is 14.3. The number of likely N-dealkylation sites (N-methyl/N-ethyl adjacent to an activating group) is 1. The minimum absolute atomic E-state index is 0.0933. The Morgan fingerprint density at radius 2 is 1.90 bits per heavy atom. The van der Waals surface area contributed by atoms with Gasteiger partial charge >= 0.3 is 0 Å². The van der Waals surface area contributed by atoms with Crippen molar-refractivity contribution in [2.45, 2.75) is 19.4 Å². The fourth-order valence-electron chi connectivity index (χ4n) is 2.25. The van der Waals surface area contributed by atoms with E-state index in [1.165, 1.54) is 6.07 Å². The summed E-state index contributed by atoms with van der Waals surface area (Å²) in [5.74, 6) is -0.768. The van der Waals surface area contributed by atoms with Crippen LogP contribution in [-0.2, 0) is 6.42 Å². The molecule has 0 aromatic heterocycles. The number of benzene rings is 2. The van der Waals surface area contributed by atoms with Gasteiger partial charge in [0.2, 0.25) is 0 Å². The highest BCUT2D eigenvalue weighted by atomic mass is 79.9. The average Bonchev–Trinajstić information content (AvgIpc) is 2.46. The van der Waals surface area contributed by atoms with Crippen molar-refractivity contribution in [1.82, 2.24) is 5.32 Å². The van der Waals surface area contributed by atoms with E-state index in [-0.39, 0.29) is 16.9 Å². The lowest BCUT2D eigenvalue weighted by molar-refractivity contribution is 0.506. The Bertz CT molecular complexity index is 634. The molecule has 21 heavy (non-hydrogen) atoms. The minimum atomic E-state index is -0.459. The summed E-state index contributed by atoms with van der Waals surface area (Å²) in [5.41, 5.74) is 1.19. The van der Waals surface area contributed by atoms with Crippen molar-refractivity contribution >= 4 is 27.5 Å². The zero-order chi connectivity index (χ0) is 15.4. The molecule has 1 N–H and O–H groups in total. The zero-order valence-corrected chi connectivity index (χ0v) is 13.8. The Morgan fingerprint density at radius 3 is 2.62 bits per heavy atom. The molecule has 0 saturated carbocycles. The minimum Gasteiger partial charge on any atom is -0.310 e. The summed E-state index contributed by atoms with van der Waals surface area (Å²) in [6.07, 6.45) is 0.414. The number of hydrogen-bond acceptors (Lipinski definition) is 1. The van der Waals surface area contributed by atoms with Gasteiger partial charge in [-0.25, -0.2) is 8.78 Å². The molecule has 0 spiro atoms. The summed E-state index contributed by atoms with van der Waals surface area (Å²) in [7, 11) is 0. The van der Waals surface area contributed by atoms with E-state index in [4.69, 9.17) is 11.6 Å². The molecular formula is C16H15BrClF2N. The average molecular weight is 375 g/mol. The van der Waals surface area contributed by atoms with Gasteiger partial charge in [-0.05, 0) is 46.6 Å². The molecule has 5 heteroatoms. The first-order chi connectivity index (χ1) is 10.0. The molecule has 0 saturated heterocycles. The predicted molar refractivity (Wildman–Crippen MR) is 85.6 cm³/mol. The number of halogens is 4. The number of hydrogen-bond donors (Lipinski definition) is 1. The van der Waals surface area contributed by atoms with Gasteiger partial charge in [-0.1, -0.05) is 42.8 Å². The van der Waals surface area contributed by atoms with E-state index in [2.05, 4.69) is 21.2 Å². The monoisotopic (exact) mass is 373 g/mol. The molecule has 0 amide bonds. The number of rotatable bonds is 5. The maximum absolute atomic E-state index is 14.3. The van der Waals surface area contributed by atoms with E-state index in [1.807, 2.05) is 6.92 Å². The van der Waals surface area contributed by atoms with Crippen LogP contribution in [0.4, 0.5) is 8.78 Å². The lowest BCUT2D eigenvalue weighted by Gasteiger charge is -2.20. The summed E-state index contributed by atoms with van der Waals surface area (Å²) in [6.45, 7) is 2.61. The van der Waals surface area contributed by atoms with Crippen LogP contribution in [0.15, 0.2) is 40.9 Å². The first-order valence-electron chi connectivity index (χ1n) is 6.64. The van der Waals surface area contributed by atoms with Crippen LogP contribution in [0.2, 0.25) is 5.02 Å². The van der Waals surface area contributed by atoms with Crippen molar-refractivity contribution in [1.29, 1.82) is 0 Å². The molecule has 2 rings (SSSR count). The highest BCUT2D eigenvalue weighted by Gasteiger charge is 2.19. The van der Waals surface area contributed by atoms with Gasteiger partial charge in [-0.2, -0.15) is 0 Å².